The van der Waals surface area contributed by atoms with Crippen LogP contribution < -0.4 is 5.32 Å². The number of unbranched alkanes of at least 4 members (excludes halogenated alkanes) is 43. The normalized spacial score (nSPS) is 12.7. The highest BCUT2D eigenvalue weighted by Crippen LogP contribution is 2.17. The number of aliphatic hydroxyl groups excluding tert-OH is 2. The molecule has 0 saturated carbocycles. The molecule has 0 aliphatic rings. The van der Waals surface area contributed by atoms with Gasteiger partial charge in [-0.2, -0.15) is 0 Å². The highest BCUT2D eigenvalue weighted by Gasteiger charge is 2.18. The first kappa shape index (κ1) is 65.3. The molecule has 0 bridgehead atoms. The Morgan fingerprint density at radius 1 is 0.403 bits per heavy atom. The molecule has 3 N–H and O–H groups in total. The van der Waals surface area contributed by atoms with Crippen LogP contribution in [0.2, 0.25) is 0 Å². The Hall–Kier alpha value is -1.66. The first-order chi connectivity index (χ1) is 33.0. The van der Waals surface area contributed by atoms with Crippen LogP contribution in [-0.2, 0) is 14.3 Å². The summed E-state index contributed by atoms with van der Waals surface area (Å²) in [5.41, 5.74) is 0. The van der Waals surface area contributed by atoms with Crippen molar-refractivity contribution in [2.24, 2.45) is 0 Å². The van der Waals surface area contributed by atoms with Gasteiger partial charge in [0, 0.05) is 12.8 Å². The van der Waals surface area contributed by atoms with E-state index in [-0.39, 0.29) is 18.5 Å². The monoisotopic (exact) mass is 944 g/mol. The molecule has 0 saturated heterocycles. The van der Waals surface area contributed by atoms with E-state index in [1.807, 2.05) is 6.08 Å². The van der Waals surface area contributed by atoms with Crippen LogP contribution in [0.1, 0.15) is 328 Å². The smallest absolute Gasteiger partial charge is 0.305 e. The molecule has 6 heteroatoms. The molecule has 0 fully saturated rings. The third kappa shape index (κ3) is 53.5. The zero-order valence-electron chi connectivity index (χ0n) is 45.1. The minimum absolute atomic E-state index is 0.0225. The van der Waals surface area contributed by atoms with Crippen LogP contribution in [0.4, 0.5) is 0 Å². The van der Waals surface area contributed by atoms with Gasteiger partial charge in [0.2, 0.25) is 5.91 Å². The maximum absolute atomic E-state index is 12.5. The maximum atomic E-state index is 12.5. The second kappa shape index (κ2) is 56.9. The van der Waals surface area contributed by atoms with Crippen molar-refractivity contribution in [1.29, 1.82) is 0 Å². The van der Waals surface area contributed by atoms with E-state index >= 15 is 0 Å². The van der Waals surface area contributed by atoms with Crippen LogP contribution in [0, 0.1) is 0 Å². The summed E-state index contributed by atoms with van der Waals surface area (Å²) in [6, 6.07) is -0.643. The fourth-order valence-corrected chi connectivity index (χ4v) is 9.34. The van der Waals surface area contributed by atoms with Crippen molar-refractivity contribution in [1.82, 2.24) is 5.32 Å². The Morgan fingerprint density at radius 3 is 1.06 bits per heavy atom. The first-order valence-electron chi connectivity index (χ1n) is 30.1. The molecule has 2 atom stereocenters. The van der Waals surface area contributed by atoms with Crippen LogP contribution in [0.25, 0.3) is 0 Å². The summed E-state index contributed by atoms with van der Waals surface area (Å²) in [4.78, 5) is 24.5. The molecule has 1 amide bonds. The van der Waals surface area contributed by atoms with Gasteiger partial charge in [0.05, 0.1) is 25.4 Å². The quantitative estimate of drug-likeness (QED) is 0.0321. The van der Waals surface area contributed by atoms with Crippen molar-refractivity contribution in [3.05, 3.63) is 24.3 Å². The van der Waals surface area contributed by atoms with Gasteiger partial charge in [-0.1, -0.05) is 282 Å². The van der Waals surface area contributed by atoms with Gasteiger partial charge in [0.1, 0.15) is 0 Å². The zero-order chi connectivity index (χ0) is 48.6. The average Bonchev–Trinajstić information content (AvgIpc) is 3.33. The Bertz CT molecular complexity index is 1040. The first-order valence-corrected chi connectivity index (χ1v) is 30.1. The fraction of sp³-hybridized carbons (Fsp3) is 0.902. The second-order valence-electron chi connectivity index (χ2n) is 20.7. The van der Waals surface area contributed by atoms with E-state index in [1.54, 1.807) is 6.08 Å². The van der Waals surface area contributed by atoms with Gasteiger partial charge < -0.3 is 20.3 Å². The van der Waals surface area contributed by atoms with Gasteiger partial charge in [-0.3, -0.25) is 9.59 Å². The van der Waals surface area contributed by atoms with E-state index in [0.29, 0.717) is 19.4 Å². The van der Waals surface area contributed by atoms with Crippen LogP contribution in [0.5, 0.6) is 0 Å². The van der Waals surface area contributed by atoms with Gasteiger partial charge in [-0.05, 0) is 57.8 Å². The average molecular weight is 945 g/mol. The molecular formula is C61H117NO5. The molecule has 0 spiro atoms. The Labute approximate surface area is 418 Å². The maximum Gasteiger partial charge on any atom is 0.305 e. The molecule has 6 nitrogen and oxygen atoms in total. The summed E-state index contributed by atoms with van der Waals surface area (Å²) >= 11 is 0. The molecule has 2 unspecified atom stereocenters. The topological polar surface area (TPSA) is 95.9 Å². The predicted molar refractivity (Wildman–Crippen MR) is 292 cm³/mol. The fourth-order valence-electron chi connectivity index (χ4n) is 9.34. The number of esters is 1. The van der Waals surface area contributed by atoms with E-state index in [1.165, 1.54) is 244 Å². The van der Waals surface area contributed by atoms with E-state index in [2.05, 4.69) is 31.3 Å². The lowest BCUT2D eigenvalue weighted by Gasteiger charge is -2.20. The Morgan fingerprint density at radius 2 is 0.701 bits per heavy atom. The highest BCUT2D eigenvalue weighted by molar-refractivity contribution is 5.76. The number of rotatable bonds is 56. The van der Waals surface area contributed by atoms with Gasteiger partial charge >= 0.3 is 5.97 Å². The largest absolute Gasteiger partial charge is 0.466 e. The van der Waals surface area contributed by atoms with E-state index in [4.69, 9.17) is 4.74 Å². The molecule has 67 heavy (non-hydrogen) atoms. The standard InChI is InChI=1S/C61H117NO5/c1-3-5-7-9-11-13-15-17-19-20-21-22-23-24-25-26-27-29-30-33-37-41-45-49-53-59(64)58(57-63)62-60(65)54-50-46-42-38-34-32-36-40-44-48-52-56-67-61(66)55-51-47-43-39-35-31-28-18-16-14-12-10-8-6-4-2/h18,28,49,53,58-59,63-64H,3-17,19-27,29-48,50-52,54-57H2,1-2H3,(H,62,65)/b28-18-,53-49+. The number of hydrogen-bond acceptors (Lipinski definition) is 5. The molecule has 0 aromatic heterocycles. The van der Waals surface area contributed by atoms with Gasteiger partial charge in [0.15, 0.2) is 0 Å². The number of allylic oxidation sites excluding steroid dienone is 3. The number of carbonyl (C=O) groups excluding carboxylic acids is 2. The Kier molecular flexibility index (Phi) is 55.5. The lowest BCUT2D eigenvalue weighted by Crippen LogP contribution is -2.45. The number of carbonyl (C=O) groups is 2. The number of amides is 1. The minimum Gasteiger partial charge on any atom is -0.466 e. The summed E-state index contributed by atoms with van der Waals surface area (Å²) in [5, 5.41) is 23.2. The molecule has 0 radical (unpaired) electrons. The number of ether oxygens (including phenoxy) is 1. The molecule has 0 aliphatic heterocycles. The van der Waals surface area contributed by atoms with Crippen LogP contribution >= 0.6 is 0 Å². The SMILES string of the molecule is CCCCCCCC/C=C\CCCCCCCC(=O)OCCCCCCCCCCCCCC(=O)NC(CO)C(O)/C=C/CCCCCCCCCCCCCCCCCCCCCCCC. The van der Waals surface area contributed by atoms with Gasteiger partial charge in [-0.25, -0.2) is 0 Å². The lowest BCUT2D eigenvalue weighted by molar-refractivity contribution is -0.143. The lowest BCUT2D eigenvalue weighted by atomic mass is 10.0. The molecule has 396 valence electrons. The minimum atomic E-state index is -0.858. The Balaban J connectivity index is 3.49. The van der Waals surface area contributed by atoms with Gasteiger partial charge in [0.25, 0.3) is 0 Å². The van der Waals surface area contributed by atoms with Crippen LogP contribution in [0.15, 0.2) is 24.3 Å². The predicted octanol–water partition coefficient (Wildman–Crippen LogP) is 18.6. The molecule has 0 rings (SSSR count). The molecular weight excluding hydrogens is 827 g/mol. The van der Waals surface area contributed by atoms with E-state index in [9.17, 15) is 19.8 Å². The number of hydrogen-bond donors (Lipinski definition) is 3. The summed E-state index contributed by atoms with van der Waals surface area (Å²) < 4.78 is 5.46. The highest BCUT2D eigenvalue weighted by atomic mass is 16.5. The third-order valence-corrected chi connectivity index (χ3v) is 14.0. The number of nitrogens with one attached hydrogen (secondary N) is 1. The van der Waals surface area contributed by atoms with Crippen molar-refractivity contribution in [3.8, 4) is 0 Å². The summed E-state index contributed by atoms with van der Waals surface area (Å²) in [5.74, 6) is -0.107. The molecule has 0 heterocycles. The summed E-state index contributed by atoms with van der Waals surface area (Å²) in [6.07, 6.45) is 69.2. The third-order valence-electron chi connectivity index (χ3n) is 14.0. The van der Waals surface area contributed by atoms with Crippen molar-refractivity contribution in [2.45, 2.75) is 341 Å². The summed E-state index contributed by atoms with van der Waals surface area (Å²) in [7, 11) is 0. The van der Waals surface area contributed by atoms with Crippen molar-refractivity contribution in [2.75, 3.05) is 13.2 Å². The van der Waals surface area contributed by atoms with Crippen molar-refractivity contribution in [3.63, 3.8) is 0 Å². The molecule has 0 aromatic carbocycles. The van der Waals surface area contributed by atoms with Gasteiger partial charge in [-0.15, -0.1) is 0 Å². The second-order valence-corrected chi connectivity index (χ2v) is 20.7. The molecule has 0 aromatic rings. The van der Waals surface area contributed by atoms with Crippen molar-refractivity contribution >= 4 is 11.9 Å². The van der Waals surface area contributed by atoms with E-state index < -0.39 is 12.1 Å². The number of aliphatic hydroxyl groups is 2. The van der Waals surface area contributed by atoms with Crippen LogP contribution in [-0.4, -0.2) is 47.4 Å². The summed E-state index contributed by atoms with van der Waals surface area (Å²) in [6.45, 7) is 4.87. The molecule has 0 aliphatic carbocycles. The van der Waals surface area contributed by atoms with E-state index in [0.717, 1.165) is 57.8 Å². The van der Waals surface area contributed by atoms with Crippen LogP contribution in [0.3, 0.4) is 0 Å². The van der Waals surface area contributed by atoms with Crippen molar-refractivity contribution < 1.29 is 24.5 Å². The zero-order valence-corrected chi connectivity index (χ0v) is 45.1.